The Balaban J connectivity index is 2.49. The van der Waals surface area contributed by atoms with Crippen LogP contribution < -0.4 is 5.32 Å². The molecule has 0 bridgehead atoms. The lowest BCUT2D eigenvalue weighted by Gasteiger charge is -2.02. The van der Waals surface area contributed by atoms with Crippen LogP contribution in [0.25, 0.3) is 0 Å². The maximum absolute atomic E-state index is 10.9. The summed E-state index contributed by atoms with van der Waals surface area (Å²) < 4.78 is 1.77. The van der Waals surface area contributed by atoms with Crippen LogP contribution in [0.2, 0.25) is 0 Å². The molecule has 0 saturated carbocycles. The summed E-state index contributed by atoms with van der Waals surface area (Å²) in [6.07, 6.45) is 1.99. The van der Waals surface area contributed by atoms with E-state index in [9.17, 15) is 4.79 Å². The van der Waals surface area contributed by atoms with Gasteiger partial charge in [0.05, 0.1) is 5.88 Å². The fourth-order valence-corrected chi connectivity index (χ4v) is 1.12. The standard InChI is InChI=1S/C7H11ClN4O/c1-9-7(13)2-3-12-5-10-11-6(12)4-8/h5H,2-4H2,1H3,(H,9,13). The van der Waals surface area contributed by atoms with Crippen LogP contribution in [0.1, 0.15) is 12.2 Å². The van der Waals surface area contributed by atoms with E-state index in [1.807, 2.05) is 0 Å². The average Bonchev–Trinajstić information content (AvgIpc) is 2.61. The fraction of sp³-hybridized carbons (Fsp3) is 0.571. The first-order chi connectivity index (χ1) is 6.27. The minimum atomic E-state index is -0.00535. The third-order valence-electron chi connectivity index (χ3n) is 1.67. The molecule has 0 fully saturated rings. The van der Waals surface area contributed by atoms with Crippen molar-refractivity contribution in [3.8, 4) is 0 Å². The SMILES string of the molecule is CNC(=O)CCn1cnnc1CCl. The largest absolute Gasteiger partial charge is 0.359 e. The monoisotopic (exact) mass is 202 g/mol. The molecule has 1 heterocycles. The van der Waals surface area contributed by atoms with Crippen molar-refractivity contribution >= 4 is 17.5 Å². The van der Waals surface area contributed by atoms with E-state index in [0.717, 1.165) is 0 Å². The maximum atomic E-state index is 10.9. The van der Waals surface area contributed by atoms with Crippen LogP contribution >= 0.6 is 11.6 Å². The molecule has 0 aliphatic heterocycles. The molecule has 1 N–H and O–H groups in total. The van der Waals surface area contributed by atoms with E-state index in [1.165, 1.54) is 0 Å². The van der Waals surface area contributed by atoms with E-state index in [4.69, 9.17) is 11.6 Å². The predicted octanol–water partition coefficient (Wildman–Crippen LogP) is 0.153. The second-order valence-corrected chi connectivity index (χ2v) is 2.76. The van der Waals surface area contributed by atoms with Crippen molar-refractivity contribution in [2.45, 2.75) is 18.8 Å². The number of aryl methyl sites for hydroxylation is 1. The molecule has 0 saturated heterocycles. The average molecular weight is 203 g/mol. The van der Waals surface area contributed by atoms with Crippen molar-refractivity contribution in [1.29, 1.82) is 0 Å². The summed E-state index contributed by atoms with van der Waals surface area (Å²) in [7, 11) is 1.61. The predicted molar refractivity (Wildman–Crippen MR) is 48.3 cm³/mol. The molecule has 0 spiro atoms. The Bertz CT molecular complexity index is 286. The highest BCUT2D eigenvalue weighted by Gasteiger charge is 2.04. The summed E-state index contributed by atoms with van der Waals surface area (Å²) >= 11 is 5.60. The number of aromatic nitrogens is 3. The summed E-state index contributed by atoms with van der Waals surface area (Å²) in [5, 5.41) is 10.0. The van der Waals surface area contributed by atoms with Crippen molar-refractivity contribution < 1.29 is 4.79 Å². The normalized spacial score (nSPS) is 10.0. The smallest absolute Gasteiger partial charge is 0.221 e. The zero-order chi connectivity index (χ0) is 9.68. The number of hydrogen-bond acceptors (Lipinski definition) is 3. The summed E-state index contributed by atoms with van der Waals surface area (Å²) in [6.45, 7) is 0.564. The van der Waals surface area contributed by atoms with Gasteiger partial charge in [0.2, 0.25) is 5.91 Å². The number of halogens is 1. The van der Waals surface area contributed by atoms with Crippen molar-refractivity contribution in [1.82, 2.24) is 20.1 Å². The highest BCUT2D eigenvalue weighted by molar-refractivity contribution is 6.16. The summed E-state index contributed by atoms with van der Waals surface area (Å²) in [4.78, 5) is 10.9. The number of carbonyl (C=O) groups is 1. The summed E-state index contributed by atoms with van der Waals surface area (Å²) in [5.41, 5.74) is 0. The number of alkyl halides is 1. The third kappa shape index (κ3) is 2.69. The van der Waals surface area contributed by atoms with E-state index in [-0.39, 0.29) is 5.91 Å². The molecule has 6 heteroatoms. The molecule has 0 aromatic carbocycles. The molecule has 1 aromatic heterocycles. The van der Waals surface area contributed by atoms with Gasteiger partial charge in [-0.1, -0.05) is 0 Å². The van der Waals surface area contributed by atoms with E-state index in [2.05, 4.69) is 15.5 Å². The number of hydrogen-bond donors (Lipinski definition) is 1. The van der Waals surface area contributed by atoms with Gasteiger partial charge >= 0.3 is 0 Å². The Labute approximate surface area is 81.1 Å². The number of rotatable bonds is 4. The second kappa shape index (κ2) is 4.81. The highest BCUT2D eigenvalue weighted by Crippen LogP contribution is 2.00. The van der Waals surface area contributed by atoms with Crippen molar-refractivity contribution in [3.63, 3.8) is 0 Å². The van der Waals surface area contributed by atoms with Crippen LogP contribution in [-0.4, -0.2) is 27.7 Å². The Morgan fingerprint density at radius 3 is 3.15 bits per heavy atom. The van der Waals surface area contributed by atoms with Crippen molar-refractivity contribution in [2.24, 2.45) is 0 Å². The lowest BCUT2D eigenvalue weighted by molar-refractivity contribution is -0.120. The molecule has 0 atom stereocenters. The van der Waals surface area contributed by atoms with Crippen LogP contribution in [0.5, 0.6) is 0 Å². The molecule has 0 unspecified atom stereocenters. The van der Waals surface area contributed by atoms with Gasteiger partial charge in [-0.2, -0.15) is 0 Å². The van der Waals surface area contributed by atoms with Crippen LogP contribution in [0.3, 0.4) is 0 Å². The molecule has 1 amide bonds. The van der Waals surface area contributed by atoms with Crippen molar-refractivity contribution in [3.05, 3.63) is 12.2 Å². The van der Waals surface area contributed by atoms with Crippen LogP contribution in [-0.2, 0) is 17.2 Å². The van der Waals surface area contributed by atoms with E-state index in [0.29, 0.717) is 24.7 Å². The lowest BCUT2D eigenvalue weighted by Crippen LogP contribution is -2.19. The van der Waals surface area contributed by atoms with Gasteiger partial charge in [-0.3, -0.25) is 4.79 Å². The maximum Gasteiger partial charge on any atom is 0.221 e. The van der Waals surface area contributed by atoms with Gasteiger partial charge in [0.1, 0.15) is 12.2 Å². The third-order valence-corrected chi connectivity index (χ3v) is 1.91. The van der Waals surface area contributed by atoms with Crippen LogP contribution in [0, 0.1) is 0 Å². The number of nitrogens with zero attached hydrogens (tertiary/aromatic N) is 3. The molecule has 1 rings (SSSR count). The van der Waals surface area contributed by atoms with E-state index in [1.54, 1.807) is 17.9 Å². The van der Waals surface area contributed by atoms with Gasteiger partial charge in [0.15, 0.2) is 0 Å². The van der Waals surface area contributed by atoms with Crippen molar-refractivity contribution in [2.75, 3.05) is 7.05 Å². The molecular weight excluding hydrogens is 192 g/mol. The van der Waals surface area contributed by atoms with E-state index >= 15 is 0 Å². The Morgan fingerprint density at radius 2 is 2.54 bits per heavy atom. The molecular formula is C7H11ClN4O. The van der Waals surface area contributed by atoms with Gasteiger partial charge < -0.3 is 9.88 Å². The molecule has 72 valence electrons. The Morgan fingerprint density at radius 1 is 1.77 bits per heavy atom. The molecule has 0 aliphatic carbocycles. The highest BCUT2D eigenvalue weighted by atomic mass is 35.5. The molecule has 1 aromatic rings. The zero-order valence-electron chi connectivity index (χ0n) is 7.33. The topological polar surface area (TPSA) is 59.8 Å². The lowest BCUT2D eigenvalue weighted by atomic mass is 10.4. The first kappa shape index (κ1) is 9.98. The minimum Gasteiger partial charge on any atom is -0.359 e. The zero-order valence-corrected chi connectivity index (χ0v) is 8.08. The van der Waals surface area contributed by atoms with Gasteiger partial charge in [0, 0.05) is 20.0 Å². The molecule has 0 aliphatic rings. The number of nitrogens with one attached hydrogen (secondary N) is 1. The Kier molecular flexibility index (Phi) is 3.70. The van der Waals surface area contributed by atoms with E-state index < -0.39 is 0 Å². The fourth-order valence-electron chi connectivity index (χ4n) is 0.916. The summed E-state index contributed by atoms with van der Waals surface area (Å²) in [5.74, 6) is 0.994. The van der Waals surface area contributed by atoms with Gasteiger partial charge in [-0.05, 0) is 0 Å². The molecule has 0 radical (unpaired) electrons. The minimum absolute atomic E-state index is 0.00535. The quantitative estimate of drug-likeness (QED) is 0.708. The number of amides is 1. The molecule has 5 nitrogen and oxygen atoms in total. The van der Waals surface area contributed by atoms with Crippen LogP contribution in [0.15, 0.2) is 6.33 Å². The first-order valence-electron chi connectivity index (χ1n) is 3.91. The summed E-state index contributed by atoms with van der Waals surface area (Å²) in [6, 6.07) is 0. The number of carbonyl (C=O) groups excluding carboxylic acids is 1. The second-order valence-electron chi connectivity index (χ2n) is 2.50. The molecule has 13 heavy (non-hydrogen) atoms. The van der Waals surface area contributed by atoms with Gasteiger partial charge in [-0.25, -0.2) is 0 Å². The Hall–Kier alpha value is -1.10. The van der Waals surface area contributed by atoms with Gasteiger partial charge in [0.25, 0.3) is 0 Å². The van der Waals surface area contributed by atoms with Gasteiger partial charge in [-0.15, -0.1) is 21.8 Å². The first-order valence-corrected chi connectivity index (χ1v) is 4.44. The van der Waals surface area contributed by atoms with Crippen LogP contribution in [0.4, 0.5) is 0 Å².